The Labute approximate surface area is 114 Å². The van der Waals surface area contributed by atoms with Gasteiger partial charge in [-0.2, -0.15) is 0 Å². The zero-order valence-electron chi connectivity index (χ0n) is 11.2. The molecule has 2 N–H and O–H groups in total. The molecule has 1 aromatic heterocycles. The van der Waals surface area contributed by atoms with Crippen molar-refractivity contribution in [2.75, 3.05) is 6.61 Å². The second kappa shape index (κ2) is 6.02. The molecule has 1 fully saturated rings. The molecule has 1 aliphatic heterocycles. The fourth-order valence-electron chi connectivity index (χ4n) is 2.40. The smallest absolute Gasteiger partial charge is 0.257 e. The van der Waals surface area contributed by atoms with Crippen LogP contribution in [-0.2, 0) is 27.7 Å². The Morgan fingerprint density at radius 3 is 2.95 bits per heavy atom. The summed E-state index contributed by atoms with van der Waals surface area (Å²) in [6.45, 7) is 3.57. The lowest BCUT2D eigenvalue weighted by atomic mass is 10.1. The molecule has 0 bridgehead atoms. The Hall–Kier alpha value is -0.920. The quantitative estimate of drug-likeness (QED) is 0.847. The second-order valence-electron chi connectivity index (χ2n) is 4.86. The van der Waals surface area contributed by atoms with Crippen molar-refractivity contribution < 1.29 is 13.2 Å². The van der Waals surface area contributed by atoms with Crippen LogP contribution in [0, 0.1) is 0 Å². The first-order chi connectivity index (χ1) is 9.00. The van der Waals surface area contributed by atoms with Gasteiger partial charge < -0.3 is 9.30 Å². The third-order valence-corrected chi connectivity index (χ3v) is 4.17. The molecule has 108 valence electrons. The lowest BCUT2D eigenvalue weighted by Gasteiger charge is -2.10. The summed E-state index contributed by atoms with van der Waals surface area (Å²) < 4.78 is 30.0. The molecule has 0 amide bonds. The fraction of sp³-hybridized carbons (Fsp3) is 0.750. The Kier molecular flexibility index (Phi) is 4.59. The molecule has 1 unspecified atom stereocenters. The van der Waals surface area contributed by atoms with Crippen LogP contribution in [-0.4, -0.2) is 30.7 Å². The molecule has 0 aliphatic carbocycles. The monoisotopic (exact) mass is 287 g/mol. The molecule has 0 saturated carbocycles. The van der Waals surface area contributed by atoms with Gasteiger partial charge in [-0.3, -0.25) is 0 Å². The van der Waals surface area contributed by atoms with Gasteiger partial charge in [0.2, 0.25) is 0 Å². The standard InChI is InChI=1S/C12H21N3O3S/c1-2-11-14-12(19(13,16)17)9-15(11)7-3-5-10-6-4-8-18-10/h9-10H,2-8H2,1H3,(H2,13,16,17). The maximum absolute atomic E-state index is 11.3. The van der Waals surface area contributed by atoms with Crippen LogP contribution in [0.25, 0.3) is 0 Å². The highest BCUT2D eigenvalue weighted by atomic mass is 32.2. The zero-order valence-corrected chi connectivity index (χ0v) is 12.0. The van der Waals surface area contributed by atoms with E-state index in [0.29, 0.717) is 12.5 Å². The van der Waals surface area contributed by atoms with Crippen molar-refractivity contribution in [2.45, 2.75) is 56.7 Å². The van der Waals surface area contributed by atoms with Crippen LogP contribution in [0.15, 0.2) is 11.2 Å². The van der Waals surface area contributed by atoms with Crippen molar-refractivity contribution in [3.8, 4) is 0 Å². The number of aryl methyl sites for hydroxylation is 2. The number of primary sulfonamides is 1. The summed E-state index contributed by atoms with van der Waals surface area (Å²) in [5, 5.41) is 5.06. The molecule has 0 aromatic carbocycles. The summed E-state index contributed by atoms with van der Waals surface area (Å²) in [6.07, 6.45) is 6.83. The number of imidazole rings is 1. The van der Waals surface area contributed by atoms with Crippen molar-refractivity contribution in [3.05, 3.63) is 12.0 Å². The third kappa shape index (κ3) is 3.77. The van der Waals surface area contributed by atoms with Gasteiger partial charge in [0, 0.05) is 25.8 Å². The molecule has 1 aliphatic rings. The first-order valence-corrected chi connectivity index (χ1v) is 8.25. The van der Waals surface area contributed by atoms with E-state index in [1.807, 2.05) is 11.5 Å². The molecule has 19 heavy (non-hydrogen) atoms. The average molecular weight is 287 g/mol. The number of nitrogens with zero attached hydrogens (tertiary/aromatic N) is 2. The fourth-order valence-corrected chi connectivity index (χ4v) is 2.91. The Morgan fingerprint density at radius 1 is 1.58 bits per heavy atom. The maximum Gasteiger partial charge on any atom is 0.257 e. The normalized spacial score (nSPS) is 20.0. The van der Waals surface area contributed by atoms with Gasteiger partial charge in [-0.15, -0.1) is 0 Å². The molecular formula is C12H21N3O3S. The minimum Gasteiger partial charge on any atom is -0.378 e. The maximum atomic E-state index is 11.3. The SMILES string of the molecule is CCc1nc(S(N)(=O)=O)cn1CCCC1CCCO1. The number of nitrogens with two attached hydrogens (primary N) is 1. The van der Waals surface area contributed by atoms with E-state index in [1.165, 1.54) is 6.20 Å². The Morgan fingerprint density at radius 2 is 2.37 bits per heavy atom. The summed E-state index contributed by atoms with van der Waals surface area (Å²) >= 11 is 0. The van der Waals surface area contributed by atoms with Gasteiger partial charge in [-0.25, -0.2) is 18.5 Å². The van der Waals surface area contributed by atoms with Crippen LogP contribution < -0.4 is 5.14 Å². The highest BCUT2D eigenvalue weighted by Crippen LogP contribution is 2.18. The van der Waals surface area contributed by atoms with Crippen molar-refractivity contribution in [3.63, 3.8) is 0 Å². The van der Waals surface area contributed by atoms with Gasteiger partial charge in [-0.1, -0.05) is 6.92 Å². The van der Waals surface area contributed by atoms with Gasteiger partial charge in [-0.05, 0) is 25.7 Å². The highest BCUT2D eigenvalue weighted by molar-refractivity contribution is 7.89. The lowest BCUT2D eigenvalue weighted by Crippen LogP contribution is -2.12. The number of aromatic nitrogens is 2. The number of hydrogen-bond acceptors (Lipinski definition) is 4. The third-order valence-electron chi connectivity index (χ3n) is 3.39. The van der Waals surface area contributed by atoms with E-state index in [-0.39, 0.29) is 5.03 Å². The molecule has 0 radical (unpaired) electrons. The second-order valence-corrected chi connectivity index (χ2v) is 6.37. The molecule has 0 spiro atoms. The predicted molar refractivity (Wildman–Crippen MR) is 71.2 cm³/mol. The summed E-state index contributed by atoms with van der Waals surface area (Å²) in [5.41, 5.74) is 0. The van der Waals surface area contributed by atoms with Crippen LogP contribution in [0.5, 0.6) is 0 Å². The van der Waals surface area contributed by atoms with Crippen LogP contribution in [0.4, 0.5) is 0 Å². The minimum absolute atomic E-state index is 0.0403. The van der Waals surface area contributed by atoms with E-state index >= 15 is 0 Å². The molecule has 1 aromatic rings. The van der Waals surface area contributed by atoms with E-state index in [0.717, 1.165) is 44.7 Å². The van der Waals surface area contributed by atoms with E-state index in [1.54, 1.807) is 0 Å². The van der Waals surface area contributed by atoms with Crippen LogP contribution in [0.3, 0.4) is 0 Å². The molecule has 6 nitrogen and oxygen atoms in total. The highest BCUT2D eigenvalue weighted by Gasteiger charge is 2.17. The predicted octanol–water partition coefficient (Wildman–Crippen LogP) is 1.05. The average Bonchev–Trinajstić information content (AvgIpc) is 2.96. The largest absolute Gasteiger partial charge is 0.378 e. The molecule has 7 heteroatoms. The van der Waals surface area contributed by atoms with Crippen molar-refractivity contribution in [1.29, 1.82) is 0 Å². The van der Waals surface area contributed by atoms with E-state index in [2.05, 4.69) is 4.98 Å². The summed E-state index contributed by atoms with van der Waals surface area (Å²) in [4.78, 5) is 4.07. The topological polar surface area (TPSA) is 87.2 Å². The Bertz CT molecular complexity index is 518. The van der Waals surface area contributed by atoms with Crippen molar-refractivity contribution in [2.24, 2.45) is 5.14 Å². The minimum atomic E-state index is -3.71. The molecule has 2 rings (SSSR count). The first kappa shape index (κ1) is 14.5. The molecule has 1 saturated heterocycles. The van der Waals surface area contributed by atoms with Crippen LogP contribution in [0.1, 0.15) is 38.4 Å². The lowest BCUT2D eigenvalue weighted by molar-refractivity contribution is 0.101. The number of sulfonamides is 1. The summed E-state index contributed by atoms with van der Waals surface area (Å²) in [7, 11) is -3.71. The summed E-state index contributed by atoms with van der Waals surface area (Å²) in [5.74, 6) is 0.761. The van der Waals surface area contributed by atoms with E-state index in [4.69, 9.17) is 9.88 Å². The number of ether oxygens (including phenoxy) is 1. The van der Waals surface area contributed by atoms with Gasteiger partial charge >= 0.3 is 0 Å². The number of rotatable bonds is 6. The van der Waals surface area contributed by atoms with Gasteiger partial charge in [0.1, 0.15) is 5.82 Å². The van der Waals surface area contributed by atoms with E-state index in [9.17, 15) is 8.42 Å². The Balaban J connectivity index is 1.96. The number of hydrogen-bond donors (Lipinski definition) is 1. The molecular weight excluding hydrogens is 266 g/mol. The first-order valence-electron chi connectivity index (χ1n) is 6.71. The van der Waals surface area contributed by atoms with Gasteiger partial charge in [0.15, 0.2) is 5.03 Å². The van der Waals surface area contributed by atoms with Crippen molar-refractivity contribution >= 4 is 10.0 Å². The van der Waals surface area contributed by atoms with Crippen LogP contribution in [0.2, 0.25) is 0 Å². The zero-order chi connectivity index (χ0) is 13.9. The summed E-state index contributed by atoms with van der Waals surface area (Å²) in [6, 6.07) is 0. The van der Waals surface area contributed by atoms with Crippen molar-refractivity contribution in [1.82, 2.24) is 9.55 Å². The molecule has 2 heterocycles. The van der Waals surface area contributed by atoms with Gasteiger partial charge in [0.05, 0.1) is 6.10 Å². The van der Waals surface area contributed by atoms with Crippen LogP contribution >= 0.6 is 0 Å². The van der Waals surface area contributed by atoms with E-state index < -0.39 is 10.0 Å². The molecule has 1 atom stereocenters. The van der Waals surface area contributed by atoms with Gasteiger partial charge in [0.25, 0.3) is 10.0 Å².